The van der Waals surface area contributed by atoms with E-state index in [4.69, 9.17) is 4.42 Å². The van der Waals surface area contributed by atoms with Crippen molar-refractivity contribution < 1.29 is 4.42 Å². The van der Waals surface area contributed by atoms with E-state index in [0.717, 1.165) is 27.6 Å². The SMILES string of the molecule is C1=C(c2ccccc2)NC(c2cccc3c2sc2ccccc23)NC1c1ccc2c(c1)oc1ccc(-c3cccc4c3sc3ccccc34)cc12. The number of hydrogen-bond donors (Lipinski definition) is 2. The fourth-order valence-corrected chi connectivity index (χ4v) is 10.4. The zero-order valence-corrected chi connectivity index (χ0v) is 29.0. The molecule has 1 aliphatic heterocycles. The molecule has 3 aromatic heterocycles. The number of nitrogens with one attached hydrogen (secondary N) is 2. The number of rotatable bonds is 4. The maximum Gasteiger partial charge on any atom is 0.135 e. The summed E-state index contributed by atoms with van der Waals surface area (Å²) in [7, 11) is 0. The quantitative estimate of drug-likeness (QED) is 0.193. The van der Waals surface area contributed by atoms with Gasteiger partial charge in [-0.15, -0.1) is 22.7 Å². The van der Waals surface area contributed by atoms with Crippen LogP contribution < -0.4 is 10.6 Å². The molecule has 0 amide bonds. The minimum Gasteiger partial charge on any atom is -0.456 e. The smallest absolute Gasteiger partial charge is 0.135 e. The van der Waals surface area contributed by atoms with Crippen molar-refractivity contribution in [2.45, 2.75) is 12.2 Å². The van der Waals surface area contributed by atoms with Crippen molar-refractivity contribution >= 4 is 90.7 Å². The molecule has 10 aromatic rings. The fourth-order valence-electron chi connectivity index (χ4n) is 7.92. The predicted molar refractivity (Wildman–Crippen MR) is 218 cm³/mol. The third kappa shape index (κ3) is 4.66. The van der Waals surface area contributed by atoms with E-state index in [0.29, 0.717) is 0 Å². The van der Waals surface area contributed by atoms with Gasteiger partial charge in [0.2, 0.25) is 0 Å². The zero-order valence-electron chi connectivity index (χ0n) is 27.4. The third-order valence-corrected chi connectivity index (χ3v) is 12.8. The van der Waals surface area contributed by atoms with E-state index in [9.17, 15) is 0 Å². The Labute approximate surface area is 302 Å². The van der Waals surface area contributed by atoms with E-state index >= 15 is 0 Å². The zero-order chi connectivity index (χ0) is 33.5. The van der Waals surface area contributed by atoms with Crippen molar-refractivity contribution in [3.8, 4) is 11.1 Å². The number of fused-ring (bicyclic) bond motifs is 9. The number of thiophene rings is 2. The first-order valence-electron chi connectivity index (χ1n) is 17.3. The molecule has 0 spiro atoms. The van der Waals surface area contributed by atoms with Crippen molar-refractivity contribution in [2.24, 2.45) is 0 Å². The van der Waals surface area contributed by atoms with Gasteiger partial charge >= 0.3 is 0 Å². The fraction of sp³-hybridized carbons (Fsp3) is 0.0435. The van der Waals surface area contributed by atoms with Crippen LogP contribution in [0.25, 0.3) is 79.1 Å². The highest BCUT2D eigenvalue weighted by molar-refractivity contribution is 7.26. The second-order valence-corrected chi connectivity index (χ2v) is 15.4. The van der Waals surface area contributed by atoms with Crippen LogP contribution in [0, 0.1) is 0 Å². The van der Waals surface area contributed by atoms with Gasteiger partial charge < -0.3 is 9.73 Å². The Kier molecular flexibility index (Phi) is 6.50. The molecule has 1 aliphatic rings. The molecule has 3 nitrogen and oxygen atoms in total. The molecule has 0 bridgehead atoms. The second-order valence-electron chi connectivity index (χ2n) is 13.3. The Bertz CT molecular complexity index is 3000. The largest absolute Gasteiger partial charge is 0.456 e. The van der Waals surface area contributed by atoms with Crippen LogP contribution in [0.4, 0.5) is 0 Å². The molecule has 0 radical (unpaired) electrons. The molecule has 0 saturated carbocycles. The maximum absolute atomic E-state index is 6.56. The van der Waals surface area contributed by atoms with Gasteiger partial charge in [0, 0.05) is 62.4 Å². The lowest BCUT2D eigenvalue weighted by atomic mass is 9.96. The highest BCUT2D eigenvalue weighted by Crippen LogP contribution is 2.43. The molecular weight excluding hydrogens is 661 g/mol. The summed E-state index contributed by atoms with van der Waals surface area (Å²) >= 11 is 3.74. The Morgan fingerprint density at radius 3 is 2.02 bits per heavy atom. The van der Waals surface area contributed by atoms with Crippen LogP contribution >= 0.6 is 22.7 Å². The Hall–Kier alpha value is -5.72. The van der Waals surface area contributed by atoms with E-state index in [1.807, 2.05) is 22.7 Å². The van der Waals surface area contributed by atoms with Gasteiger partial charge in [-0.25, -0.2) is 0 Å². The number of benzene rings is 7. The summed E-state index contributed by atoms with van der Waals surface area (Å²) in [5.41, 5.74) is 8.99. The second kappa shape index (κ2) is 11.4. The van der Waals surface area contributed by atoms with Gasteiger partial charge in [0.1, 0.15) is 17.3 Å². The van der Waals surface area contributed by atoms with Gasteiger partial charge in [0.15, 0.2) is 0 Å². The van der Waals surface area contributed by atoms with Crippen LogP contribution in [0.15, 0.2) is 162 Å². The molecule has 0 saturated heterocycles. The molecular formula is C46H30N2OS2. The normalized spacial score (nSPS) is 16.4. The monoisotopic (exact) mass is 690 g/mol. The topological polar surface area (TPSA) is 37.2 Å². The Morgan fingerprint density at radius 1 is 0.490 bits per heavy atom. The number of furan rings is 1. The van der Waals surface area contributed by atoms with Crippen molar-refractivity contribution in [3.05, 3.63) is 174 Å². The molecule has 7 aromatic carbocycles. The van der Waals surface area contributed by atoms with E-state index < -0.39 is 0 Å². The molecule has 2 unspecified atom stereocenters. The van der Waals surface area contributed by atoms with Crippen molar-refractivity contribution in [2.75, 3.05) is 0 Å². The van der Waals surface area contributed by atoms with E-state index in [2.05, 4.69) is 168 Å². The van der Waals surface area contributed by atoms with Crippen LogP contribution in [0.1, 0.15) is 28.9 Å². The molecule has 0 aliphatic carbocycles. The summed E-state index contributed by atoms with van der Waals surface area (Å²) in [6.45, 7) is 0. The maximum atomic E-state index is 6.56. The average molecular weight is 691 g/mol. The van der Waals surface area contributed by atoms with Crippen molar-refractivity contribution in [3.63, 3.8) is 0 Å². The van der Waals surface area contributed by atoms with Crippen LogP contribution in [-0.2, 0) is 0 Å². The van der Waals surface area contributed by atoms with Crippen LogP contribution in [0.5, 0.6) is 0 Å². The number of hydrogen-bond acceptors (Lipinski definition) is 5. The van der Waals surface area contributed by atoms with Gasteiger partial charge in [-0.1, -0.05) is 121 Å². The van der Waals surface area contributed by atoms with Gasteiger partial charge in [0.05, 0.1) is 6.04 Å². The van der Waals surface area contributed by atoms with E-state index in [-0.39, 0.29) is 12.2 Å². The minimum absolute atomic E-state index is 0.0326. The standard InChI is InChI=1S/C46H30N2OS2/c1-2-10-27(11-3-1)38-26-39(48-46(47-38)36-17-9-16-35-33-13-5-7-19-43(33)51-45(35)36)29-20-22-31-37-24-28(21-23-40(37)49-41(31)25-29)30-14-8-15-34-32-12-4-6-18-42(32)50-44(30)34/h1-26,39,46-48H. The molecule has 2 atom stereocenters. The first-order valence-corrected chi connectivity index (χ1v) is 19.0. The lowest BCUT2D eigenvalue weighted by Crippen LogP contribution is -2.39. The Balaban J connectivity index is 1.01. The van der Waals surface area contributed by atoms with E-state index in [1.54, 1.807) is 0 Å². The molecule has 5 heteroatoms. The molecule has 0 fully saturated rings. The Morgan fingerprint density at radius 2 is 1.20 bits per heavy atom. The van der Waals surface area contributed by atoms with Crippen LogP contribution in [0.2, 0.25) is 0 Å². The van der Waals surface area contributed by atoms with Crippen molar-refractivity contribution in [1.82, 2.24) is 10.6 Å². The summed E-state index contributed by atoms with van der Waals surface area (Å²) in [5.74, 6) is 0. The lowest BCUT2D eigenvalue weighted by Gasteiger charge is -2.33. The summed E-state index contributed by atoms with van der Waals surface area (Å²) in [5, 5.41) is 15.3. The first-order chi connectivity index (χ1) is 25.2. The first kappa shape index (κ1) is 29.1. The summed E-state index contributed by atoms with van der Waals surface area (Å²) in [4.78, 5) is 0. The third-order valence-electron chi connectivity index (χ3n) is 10.4. The average Bonchev–Trinajstić information content (AvgIpc) is 3.88. The molecule has 242 valence electrons. The molecule has 4 heterocycles. The molecule has 11 rings (SSSR count). The van der Waals surface area contributed by atoms with Crippen LogP contribution in [0.3, 0.4) is 0 Å². The van der Waals surface area contributed by atoms with Gasteiger partial charge in [-0.2, -0.15) is 0 Å². The van der Waals surface area contributed by atoms with Gasteiger partial charge in [-0.3, -0.25) is 5.32 Å². The van der Waals surface area contributed by atoms with Crippen LogP contribution in [-0.4, -0.2) is 0 Å². The predicted octanol–water partition coefficient (Wildman–Crippen LogP) is 13.0. The molecule has 2 N–H and O–H groups in total. The molecule has 51 heavy (non-hydrogen) atoms. The van der Waals surface area contributed by atoms with Gasteiger partial charge in [-0.05, 0) is 58.7 Å². The summed E-state index contributed by atoms with van der Waals surface area (Å²) < 4.78 is 11.8. The summed E-state index contributed by atoms with van der Waals surface area (Å²) in [6, 6.07) is 54.7. The van der Waals surface area contributed by atoms with Crippen molar-refractivity contribution in [1.29, 1.82) is 0 Å². The summed E-state index contributed by atoms with van der Waals surface area (Å²) in [6.07, 6.45) is 2.22. The highest BCUT2D eigenvalue weighted by Gasteiger charge is 2.27. The van der Waals surface area contributed by atoms with E-state index in [1.165, 1.54) is 68.2 Å². The minimum atomic E-state index is -0.0856. The van der Waals surface area contributed by atoms with Gasteiger partial charge in [0.25, 0.3) is 0 Å². The highest BCUT2D eigenvalue weighted by atomic mass is 32.1. The lowest BCUT2D eigenvalue weighted by molar-refractivity contribution is 0.445.